The maximum atomic E-state index is 12.7. The van der Waals surface area contributed by atoms with E-state index in [1.54, 1.807) is 36.4 Å². The van der Waals surface area contributed by atoms with Crippen LogP contribution in [0.2, 0.25) is 5.15 Å². The molecule has 5 nitrogen and oxygen atoms in total. The Labute approximate surface area is 133 Å². The Morgan fingerprint density at radius 2 is 2.05 bits per heavy atom. The van der Waals surface area contributed by atoms with Gasteiger partial charge < -0.3 is 4.74 Å². The Balaban J connectivity index is 2.42. The van der Waals surface area contributed by atoms with E-state index >= 15 is 0 Å². The third kappa shape index (κ3) is 3.50. The lowest BCUT2D eigenvalue weighted by Crippen LogP contribution is -2.33. The van der Waals surface area contributed by atoms with E-state index in [2.05, 4.69) is 4.98 Å². The first-order valence-corrected chi connectivity index (χ1v) is 6.94. The summed E-state index contributed by atoms with van der Waals surface area (Å²) in [5.41, 5.74) is 1.35. The lowest BCUT2D eigenvalue weighted by Gasteiger charge is -2.22. The van der Waals surface area contributed by atoms with Crippen molar-refractivity contribution in [3.05, 3.63) is 58.9 Å². The topological polar surface area (TPSA) is 59.5 Å². The minimum absolute atomic E-state index is 0.0331. The molecule has 0 aliphatic heterocycles. The van der Waals surface area contributed by atoms with E-state index in [1.807, 2.05) is 0 Å². The summed E-state index contributed by atoms with van der Waals surface area (Å²) in [7, 11) is 1.49. The Bertz CT molecular complexity index is 703. The number of nitrogens with zero attached hydrogens (tertiary/aromatic N) is 2. The van der Waals surface area contributed by atoms with Crippen LogP contribution in [0.15, 0.2) is 42.6 Å². The van der Waals surface area contributed by atoms with Crippen LogP contribution in [-0.4, -0.2) is 30.5 Å². The molecule has 0 fully saturated rings. The maximum Gasteiger partial charge on any atom is 0.263 e. The summed E-state index contributed by atoms with van der Waals surface area (Å²) < 4.78 is 5.10. The van der Waals surface area contributed by atoms with Crippen molar-refractivity contribution in [2.75, 3.05) is 18.7 Å². The molecular formula is C16H15ClN2O3. The predicted molar refractivity (Wildman–Crippen MR) is 84.4 cm³/mol. The summed E-state index contributed by atoms with van der Waals surface area (Å²) >= 11 is 5.98. The van der Waals surface area contributed by atoms with Gasteiger partial charge in [0.15, 0.2) is 5.78 Å². The number of carbonyl (C=O) groups is 2. The molecule has 0 bridgehead atoms. The molecule has 0 unspecified atom stereocenters. The average molecular weight is 319 g/mol. The van der Waals surface area contributed by atoms with Crippen LogP contribution in [-0.2, 0) is 4.74 Å². The number of aromatic nitrogens is 1. The van der Waals surface area contributed by atoms with Crippen molar-refractivity contribution in [2.24, 2.45) is 0 Å². The van der Waals surface area contributed by atoms with Crippen molar-refractivity contribution in [1.82, 2.24) is 4.98 Å². The van der Waals surface area contributed by atoms with Crippen molar-refractivity contribution in [2.45, 2.75) is 6.92 Å². The van der Waals surface area contributed by atoms with Gasteiger partial charge >= 0.3 is 0 Å². The number of methoxy groups -OCH3 is 1. The zero-order chi connectivity index (χ0) is 16.1. The highest BCUT2D eigenvalue weighted by Crippen LogP contribution is 2.21. The molecule has 114 valence electrons. The second kappa shape index (κ2) is 7.15. The molecule has 0 atom stereocenters. The standard InChI is InChI=1S/C16H15ClN2O3/c1-11(20)12-5-3-6-13(9-12)19(10-22-2)16(21)14-7-4-8-18-15(14)17/h3-9H,10H2,1-2H3. The van der Waals surface area contributed by atoms with Crippen molar-refractivity contribution in [3.8, 4) is 0 Å². The van der Waals surface area contributed by atoms with Gasteiger partial charge in [-0.3, -0.25) is 14.5 Å². The van der Waals surface area contributed by atoms with Gasteiger partial charge in [-0.1, -0.05) is 23.7 Å². The number of ketones is 1. The zero-order valence-electron chi connectivity index (χ0n) is 12.2. The van der Waals surface area contributed by atoms with E-state index in [9.17, 15) is 9.59 Å². The average Bonchev–Trinajstić information content (AvgIpc) is 2.52. The van der Waals surface area contributed by atoms with Gasteiger partial charge in [-0.05, 0) is 31.2 Å². The van der Waals surface area contributed by atoms with Gasteiger partial charge in [-0.2, -0.15) is 0 Å². The smallest absolute Gasteiger partial charge is 0.263 e. The largest absolute Gasteiger partial charge is 0.364 e. The maximum absolute atomic E-state index is 12.7. The highest BCUT2D eigenvalue weighted by Gasteiger charge is 2.21. The number of hydrogen-bond acceptors (Lipinski definition) is 4. The van der Waals surface area contributed by atoms with E-state index in [-0.39, 0.29) is 29.1 Å². The molecule has 2 rings (SSSR count). The molecule has 0 spiro atoms. The monoisotopic (exact) mass is 318 g/mol. The minimum atomic E-state index is -0.347. The van der Waals surface area contributed by atoms with E-state index < -0.39 is 0 Å². The highest BCUT2D eigenvalue weighted by atomic mass is 35.5. The number of carbonyl (C=O) groups excluding carboxylic acids is 2. The van der Waals surface area contributed by atoms with E-state index in [4.69, 9.17) is 16.3 Å². The number of Topliss-reactive ketones (excluding diaryl/α,β-unsaturated/α-hetero) is 1. The summed E-state index contributed by atoms with van der Waals surface area (Å²) in [6.45, 7) is 1.50. The van der Waals surface area contributed by atoms with Gasteiger partial charge in [-0.15, -0.1) is 0 Å². The number of hydrogen-bond donors (Lipinski definition) is 0. The minimum Gasteiger partial charge on any atom is -0.364 e. The zero-order valence-corrected chi connectivity index (χ0v) is 13.0. The molecule has 1 aromatic heterocycles. The molecule has 0 radical (unpaired) electrons. The van der Waals surface area contributed by atoms with E-state index in [1.165, 1.54) is 25.1 Å². The number of benzene rings is 1. The second-order valence-corrected chi connectivity index (χ2v) is 4.96. The van der Waals surface area contributed by atoms with Gasteiger partial charge in [0.2, 0.25) is 0 Å². The fraction of sp³-hybridized carbons (Fsp3) is 0.188. The van der Waals surface area contributed by atoms with Crippen LogP contribution in [0.3, 0.4) is 0 Å². The number of anilines is 1. The van der Waals surface area contributed by atoms with Gasteiger partial charge in [0, 0.05) is 24.6 Å². The first-order valence-electron chi connectivity index (χ1n) is 6.57. The summed E-state index contributed by atoms with van der Waals surface area (Å²) in [6.07, 6.45) is 1.51. The number of rotatable bonds is 5. The van der Waals surface area contributed by atoms with Crippen molar-refractivity contribution in [1.29, 1.82) is 0 Å². The molecule has 22 heavy (non-hydrogen) atoms. The van der Waals surface area contributed by atoms with Gasteiger partial charge in [-0.25, -0.2) is 4.98 Å². The van der Waals surface area contributed by atoms with Crippen molar-refractivity contribution in [3.63, 3.8) is 0 Å². The van der Waals surface area contributed by atoms with Crippen LogP contribution in [0.5, 0.6) is 0 Å². The fourth-order valence-electron chi connectivity index (χ4n) is 1.96. The van der Waals surface area contributed by atoms with Crippen LogP contribution >= 0.6 is 11.6 Å². The number of amides is 1. The summed E-state index contributed by atoms with van der Waals surface area (Å²) in [6, 6.07) is 10.0. The van der Waals surface area contributed by atoms with E-state index in [0.717, 1.165) is 0 Å². The summed E-state index contributed by atoms with van der Waals surface area (Å²) in [5.74, 6) is -0.424. The predicted octanol–water partition coefficient (Wildman–Crippen LogP) is 3.19. The molecule has 1 amide bonds. The third-order valence-electron chi connectivity index (χ3n) is 3.06. The molecule has 0 saturated heterocycles. The molecule has 2 aromatic rings. The normalized spacial score (nSPS) is 10.3. The molecular weight excluding hydrogens is 304 g/mol. The first kappa shape index (κ1) is 16.1. The Morgan fingerprint density at radius 3 is 2.68 bits per heavy atom. The number of ether oxygens (including phenoxy) is 1. The molecule has 1 aromatic carbocycles. The quantitative estimate of drug-likeness (QED) is 0.482. The third-order valence-corrected chi connectivity index (χ3v) is 3.36. The summed E-state index contributed by atoms with van der Waals surface area (Å²) in [5, 5.41) is 0.122. The fourth-order valence-corrected chi connectivity index (χ4v) is 2.16. The van der Waals surface area contributed by atoms with Crippen LogP contribution < -0.4 is 4.90 Å². The van der Waals surface area contributed by atoms with Crippen LogP contribution in [0.25, 0.3) is 0 Å². The van der Waals surface area contributed by atoms with E-state index in [0.29, 0.717) is 11.3 Å². The number of halogens is 1. The first-order chi connectivity index (χ1) is 10.5. The summed E-state index contributed by atoms with van der Waals surface area (Å²) in [4.78, 5) is 29.5. The lowest BCUT2D eigenvalue weighted by atomic mass is 10.1. The van der Waals surface area contributed by atoms with Crippen LogP contribution in [0.1, 0.15) is 27.6 Å². The molecule has 0 N–H and O–H groups in total. The van der Waals surface area contributed by atoms with Crippen molar-refractivity contribution < 1.29 is 14.3 Å². The molecule has 0 aliphatic rings. The van der Waals surface area contributed by atoms with Gasteiger partial charge in [0.05, 0.1) is 5.56 Å². The highest BCUT2D eigenvalue weighted by molar-refractivity contribution is 6.33. The Hall–Kier alpha value is -2.24. The molecule has 0 aliphatic carbocycles. The van der Waals surface area contributed by atoms with Gasteiger partial charge in [0.25, 0.3) is 5.91 Å². The van der Waals surface area contributed by atoms with Crippen LogP contribution in [0.4, 0.5) is 5.69 Å². The lowest BCUT2D eigenvalue weighted by molar-refractivity contribution is 0.0934. The van der Waals surface area contributed by atoms with Crippen molar-refractivity contribution >= 4 is 29.0 Å². The second-order valence-electron chi connectivity index (χ2n) is 4.60. The van der Waals surface area contributed by atoms with Gasteiger partial charge in [0.1, 0.15) is 11.9 Å². The Kier molecular flexibility index (Phi) is 5.25. The van der Waals surface area contributed by atoms with Crippen LogP contribution in [0, 0.1) is 0 Å². The SMILES string of the molecule is COCN(C(=O)c1cccnc1Cl)c1cccc(C(C)=O)c1. The number of pyridine rings is 1. The molecule has 6 heteroatoms. The molecule has 1 heterocycles. The molecule has 0 saturated carbocycles. The Morgan fingerprint density at radius 1 is 1.27 bits per heavy atom.